The molecule has 0 aromatic carbocycles. The predicted molar refractivity (Wildman–Crippen MR) is 95.1 cm³/mol. The summed E-state index contributed by atoms with van der Waals surface area (Å²) in [5.74, 6) is 0.831. The molecule has 1 aliphatic heterocycles. The molecule has 132 valence electrons. The zero-order chi connectivity index (χ0) is 17.7. The summed E-state index contributed by atoms with van der Waals surface area (Å²) >= 11 is 0. The first-order chi connectivity index (χ1) is 12.7. The number of aromatic amines is 1. The molecule has 5 heterocycles. The van der Waals surface area contributed by atoms with Gasteiger partial charge in [0.25, 0.3) is 0 Å². The Morgan fingerprint density at radius 1 is 1.27 bits per heavy atom. The Bertz CT molecular complexity index is 1030. The van der Waals surface area contributed by atoms with Gasteiger partial charge in [0.15, 0.2) is 0 Å². The standard InChI is InChI=1S/C18H19N7O/c1-11(2)17-21-22-18(26-17)24-8-6-13-15(20-10-19-13)16(24)14-9-12-5-3-4-7-25(12)23-14/h3-5,7,9-11,16H,6,8H2,1-2H3,(H,19,20)/t16-/m0/s1. The highest BCUT2D eigenvalue weighted by atomic mass is 16.4. The summed E-state index contributed by atoms with van der Waals surface area (Å²) < 4.78 is 7.81. The fraction of sp³-hybridized carbons (Fsp3) is 0.333. The molecule has 0 aliphatic carbocycles. The van der Waals surface area contributed by atoms with E-state index in [0.717, 1.165) is 35.6 Å². The van der Waals surface area contributed by atoms with Crippen LogP contribution in [0.5, 0.6) is 0 Å². The Hall–Kier alpha value is -3.16. The number of imidazole rings is 1. The summed E-state index contributed by atoms with van der Waals surface area (Å²) in [5.41, 5.74) is 4.04. The number of pyridine rings is 1. The van der Waals surface area contributed by atoms with Crippen LogP contribution in [0, 0.1) is 0 Å². The van der Waals surface area contributed by atoms with Crippen molar-refractivity contribution in [2.24, 2.45) is 0 Å². The van der Waals surface area contributed by atoms with Gasteiger partial charge in [-0.05, 0) is 18.2 Å². The van der Waals surface area contributed by atoms with E-state index in [9.17, 15) is 0 Å². The molecule has 1 atom stereocenters. The van der Waals surface area contributed by atoms with Crippen LogP contribution < -0.4 is 4.90 Å². The van der Waals surface area contributed by atoms with Gasteiger partial charge >= 0.3 is 6.01 Å². The van der Waals surface area contributed by atoms with Gasteiger partial charge < -0.3 is 14.3 Å². The maximum Gasteiger partial charge on any atom is 0.319 e. The van der Waals surface area contributed by atoms with Crippen LogP contribution in [-0.4, -0.2) is 36.3 Å². The molecule has 0 fully saturated rings. The highest BCUT2D eigenvalue weighted by Gasteiger charge is 2.35. The average Bonchev–Trinajstić information content (AvgIpc) is 3.37. The van der Waals surface area contributed by atoms with Gasteiger partial charge in [0.2, 0.25) is 5.89 Å². The Labute approximate surface area is 149 Å². The molecule has 1 N–H and O–H groups in total. The molecule has 0 unspecified atom stereocenters. The number of rotatable bonds is 3. The Morgan fingerprint density at radius 2 is 2.19 bits per heavy atom. The van der Waals surface area contributed by atoms with Crippen LogP contribution >= 0.6 is 0 Å². The third-order valence-electron chi connectivity index (χ3n) is 4.76. The second-order valence-electron chi connectivity index (χ2n) is 6.83. The minimum Gasteiger partial charge on any atom is -0.408 e. The topological polar surface area (TPSA) is 88.1 Å². The molecular formula is C18H19N7O. The Balaban J connectivity index is 1.63. The first kappa shape index (κ1) is 15.1. The summed E-state index contributed by atoms with van der Waals surface area (Å²) in [5, 5.41) is 13.2. The largest absolute Gasteiger partial charge is 0.408 e. The van der Waals surface area contributed by atoms with Crippen LogP contribution in [-0.2, 0) is 6.42 Å². The molecule has 4 aromatic heterocycles. The van der Waals surface area contributed by atoms with E-state index in [4.69, 9.17) is 9.52 Å². The lowest BCUT2D eigenvalue weighted by Crippen LogP contribution is -2.36. The molecule has 1 aliphatic rings. The van der Waals surface area contributed by atoms with Crippen molar-refractivity contribution in [3.05, 3.63) is 59.8 Å². The van der Waals surface area contributed by atoms with E-state index in [-0.39, 0.29) is 12.0 Å². The van der Waals surface area contributed by atoms with Gasteiger partial charge in [-0.1, -0.05) is 25.0 Å². The van der Waals surface area contributed by atoms with E-state index in [0.29, 0.717) is 11.9 Å². The highest BCUT2D eigenvalue weighted by Crippen LogP contribution is 2.36. The smallest absolute Gasteiger partial charge is 0.319 e. The number of nitrogens with zero attached hydrogens (tertiary/aromatic N) is 6. The van der Waals surface area contributed by atoms with Gasteiger partial charge in [-0.3, -0.25) is 0 Å². The monoisotopic (exact) mass is 349 g/mol. The molecule has 4 aromatic rings. The first-order valence-corrected chi connectivity index (χ1v) is 8.77. The van der Waals surface area contributed by atoms with Gasteiger partial charge in [0.1, 0.15) is 6.04 Å². The van der Waals surface area contributed by atoms with Crippen molar-refractivity contribution in [2.75, 3.05) is 11.4 Å². The number of hydrogen-bond donors (Lipinski definition) is 1. The van der Waals surface area contributed by atoms with Gasteiger partial charge in [0.05, 0.1) is 23.2 Å². The van der Waals surface area contributed by atoms with Crippen LogP contribution in [0.3, 0.4) is 0 Å². The van der Waals surface area contributed by atoms with Crippen LogP contribution in [0.1, 0.15) is 48.8 Å². The molecule has 0 amide bonds. The second-order valence-corrected chi connectivity index (χ2v) is 6.83. The van der Waals surface area contributed by atoms with Crippen molar-refractivity contribution < 1.29 is 4.42 Å². The third-order valence-corrected chi connectivity index (χ3v) is 4.76. The molecule has 0 spiro atoms. The Morgan fingerprint density at radius 3 is 3.00 bits per heavy atom. The number of H-pyrrole nitrogens is 1. The lowest BCUT2D eigenvalue weighted by atomic mass is 10.0. The van der Waals surface area contributed by atoms with Crippen LogP contribution in [0.2, 0.25) is 0 Å². The van der Waals surface area contributed by atoms with E-state index < -0.39 is 0 Å². The summed E-state index contributed by atoms with van der Waals surface area (Å²) in [4.78, 5) is 9.91. The molecule has 0 saturated heterocycles. The van der Waals surface area contributed by atoms with Crippen LogP contribution in [0.25, 0.3) is 5.52 Å². The fourth-order valence-corrected chi connectivity index (χ4v) is 3.45. The summed E-state index contributed by atoms with van der Waals surface area (Å²) in [6.07, 6.45) is 4.53. The number of fused-ring (bicyclic) bond motifs is 2. The van der Waals surface area contributed by atoms with E-state index in [2.05, 4.69) is 31.1 Å². The summed E-state index contributed by atoms with van der Waals surface area (Å²) in [6.45, 7) is 4.84. The van der Waals surface area contributed by atoms with Crippen molar-refractivity contribution in [3.8, 4) is 0 Å². The van der Waals surface area contributed by atoms with Crippen molar-refractivity contribution in [2.45, 2.75) is 32.2 Å². The zero-order valence-corrected chi connectivity index (χ0v) is 14.6. The number of nitrogens with one attached hydrogen (secondary N) is 1. The quantitative estimate of drug-likeness (QED) is 0.612. The van der Waals surface area contributed by atoms with Crippen molar-refractivity contribution in [3.63, 3.8) is 0 Å². The minimum atomic E-state index is -0.162. The molecular weight excluding hydrogens is 330 g/mol. The summed E-state index contributed by atoms with van der Waals surface area (Å²) in [7, 11) is 0. The number of aromatic nitrogens is 6. The maximum atomic E-state index is 5.93. The van der Waals surface area contributed by atoms with Gasteiger partial charge in [-0.15, -0.1) is 5.10 Å². The first-order valence-electron chi connectivity index (χ1n) is 8.77. The van der Waals surface area contributed by atoms with Crippen molar-refractivity contribution in [1.29, 1.82) is 0 Å². The second kappa shape index (κ2) is 5.69. The molecule has 0 saturated carbocycles. The maximum absolute atomic E-state index is 5.93. The van der Waals surface area contributed by atoms with Gasteiger partial charge in [-0.25, -0.2) is 9.50 Å². The molecule has 0 bridgehead atoms. The number of anilines is 1. The molecule has 0 radical (unpaired) electrons. The van der Waals surface area contributed by atoms with Gasteiger partial charge in [0, 0.05) is 30.8 Å². The van der Waals surface area contributed by atoms with Gasteiger partial charge in [-0.2, -0.15) is 5.10 Å². The SMILES string of the molecule is CC(C)c1nnc(N2CCc3[nH]cnc3[C@@H]2c2cc3ccccn3n2)o1. The molecule has 5 rings (SSSR count). The molecule has 8 nitrogen and oxygen atoms in total. The zero-order valence-electron chi connectivity index (χ0n) is 14.6. The molecule has 26 heavy (non-hydrogen) atoms. The normalized spacial score (nSPS) is 17.2. The minimum absolute atomic E-state index is 0.162. The lowest BCUT2D eigenvalue weighted by molar-refractivity contribution is 0.446. The van der Waals surface area contributed by atoms with Crippen LogP contribution in [0.15, 0.2) is 41.2 Å². The highest BCUT2D eigenvalue weighted by molar-refractivity contribution is 5.51. The third kappa shape index (κ3) is 2.29. The van der Waals surface area contributed by atoms with Crippen molar-refractivity contribution >= 4 is 11.5 Å². The van der Waals surface area contributed by atoms with E-state index in [1.807, 2.05) is 42.8 Å². The van der Waals surface area contributed by atoms with E-state index in [1.165, 1.54) is 0 Å². The van der Waals surface area contributed by atoms with Crippen LogP contribution in [0.4, 0.5) is 6.01 Å². The summed E-state index contributed by atoms with van der Waals surface area (Å²) in [6, 6.07) is 8.45. The average molecular weight is 349 g/mol. The van der Waals surface area contributed by atoms with Crippen molar-refractivity contribution in [1.82, 2.24) is 29.8 Å². The lowest BCUT2D eigenvalue weighted by Gasteiger charge is -2.32. The fourth-order valence-electron chi connectivity index (χ4n) is 3.45. The van der Waals surface area contributed by atoms with E-state index in [1.54, 1.807) is 6.33 Å². The predicted octanol–water partition coefficient (Wildman–Crippen LogP) is 2.72. The Kier molecular flexibility index (Phi) is 3.31. The molecule has 8 heteroatoms. The van der Waals surface area contributed by atoms with E-state index >= 15 is 0 Å². The number of hydrogen-bond acceptors (Lipinski definition) is 6.